The predicted octanol–water partition coefficient (Wildman–Crippen LogP) is 1.47. The first-order chi connectivity index (χ1) is 3.77. The van der Waals surface area contributed by atoms with E-state index in [1.165, 1.54) is 11.8 Å². The lowest BCUT2D eigenvalue weighted by molar-refractivity contribution is 0.911. The lowest BCUT2D eigenvalue weighted by Gasteiger charge is -1.91. The smallest absolute Gasteiger partial charge is 0.0817 e. The Hall–Kier alpha value is 0.110. The quantitative estimate of drug-likeness (QED) is 0.287. The van der Waals surface area contributed by atoms with E-state index in [0.29, 0.717) is 0 Å². The van der Waals surface area contributed by atoms with Crippen molar-refractivity contribution in [1.29, 1.82) is 0 Å². The fourth-order valence-electron chi connectivity index (χ4n) is 0.167. The van der Waals surface area contributed by atoms with Crippen molar-refractivity contribution >= 4 is 28.9 Å². The van der Waals surface area contributed by atoms with E-state index in [4.69, 9.17) is 11.6 Å². The number of nitrogens with zero attached hydrogens (tertiary/aromatic N) is 1. The summed E-state index contributed by atoms with van der Waals surface area (Å²) in [6.07, 6.45) is 0. The number of nitrogens with one attached hydrogen (secondary N) is 1. The van der Waals surface area contributed by atoms with Gasteiger partial charge in [0.25, 0.3) is 0 Å². The molecule has 0 amide bonds. The van der Waals surface area contributed by atoms with Crippen molar-refractivity contribution in [3.05, 3.63) is 0 Å². The minimum atomic E-state index is 0.104. The molecule has 0 aliphatic carbocycles. The van der Waals surface area contributed by atoms with Gasteiger partial charge in [0, 0.05) is 7.05 Å². The Morgan fingerprint density at radius 3 is 2.88 bits per heavy atom. The van der Waals surface area contributed by atoms with Gasteiger partial charge in [-0.1, -0.05) is 11.8 Å². The number of alkyl halides is 1. The molecule has 0 spiro atoms. The largest absolute Gasteiger partial charge is 0.313 e. The minimum Gasteiger partial charge on any atom is -0.313 e. The molecule has 0 aliphatic heterocycles. The van der Waals surface area contributed by atoms with Gasteiger partial charge in [0.1, 0.15) is 0 Å². The molecular formula is C4H9ClN2S. The van der Waals surface area contributed by atoms with Crippen LogP contribution in [0.25, 0.3) is 0 Å². The molecule has 2 nitrogen and oxygen atoms in total. The maximum atomic E-state index is 5.56. The molecule has 4 heteroatoms. The third kappa shape index (κ3) is 6.11. The van der Waals surface area contributed by atoms with E-state index in [9.17, 15) is 0 Å². The first-order valence-corrected chi connectivity index (χ1v) is 3.63. The second kappa shape index (κ2) is 5.25. The van der Waals surface area contributed by atoms with Crippen LogP contribution in [0.4, 0.5) is 0 Å². The molecule has 0 aromatic heterocycles. The monoisotopic (exact) mass is 152 g/mol. The molecule has 0 aliphatic rings. The van der Waals surface area contributed by atoms with Crippen molar-refractivity contribution in [2.24, 2.45) is 5.10 Å². The number of hydrazone groups is 1. The predicted molar refractivity (Wildman–Crippen MR) is 40.5 cm³/mol. The van der Waals surface area contributed by atoms with Crippen LogP contribution in [0.5, 0.6) is 0 Å². The second-order valence-corrected chi connectivity index (χ2v) is 3.24. The van der Waals surface area contributed by atoms with Gasteiger partial charge < -0.3 is 5.43 Å². The van der Waals surface area contributed by atoms with E-state index in [-0.39, 0.29) is 4.71 Å². The van der Waals surface area contributed by atoms with Crippen molar-refractivity contribution in [1.82, 2.24) is 5.43 Å². The van der Waals surface area contributed by atoms with Crippen LogP contribution in [0.15, 0.2) is 5.10 Å². The van der Waals surface area contributed by atoms with E-state index in [1.54, 1.807) is 12.6 Å². The molecule has 48 valence electrons. The van der Waals surface area contributed by atoms with E-state index in [1.807, 2.05) is 6.92 Å². The number of thioether (sulfide) groups is 1. The van der Waals surface area contributed by atoms with Crippen LogP contribution < -0.4 is 5.43 Å². The first kappa shape index (κ1) is 8.11. The molecule has 1 unspecified atom stereocenters. The fraction of sp³-hybridized carbons (Fsp3) is 0.750. The van der Waals surface area contributed by atoms with E-state index in [2.05, 4.69) is 10.5 Å². The van der Waals surface area contributed by atoms with Crippen LogP contribution in [0.2, 0.25) is 0 Å². The van der Waals surface area contributed by atoms with Crippen LogP contribution in [0.1, 0.15) is 6.92 Å². The van der Waals surface area contributed by atoms with Crippen LogP contribution in [0, 0.1) is 0 Å². The van der Waals surface area contributed by atoms with Gasteiger partial charge in [0.15, 0.2) is 0 Å². The standard InChI is InChI=1S/C4H9ClN2S/c1-4(5)8-3-7-6-2/h3-4,6H,1-2H3/b7-3+. The van der Waals surface area contributed by atoms with Gasteiger partial charge in [-0.25, -0.2) is 0 Å². The Kier molecular flexibility index (Phi) is 5.32. The van der Waals surface area contributed by atoms with Crippen molar-refractivity contribution < 1.29 is 0 Å². The highest BCUT2D eigenvalue weighted by Crippen LogP contribution is 2.09. The molecule has 0 aromatic rings. The molecule has 0 saturated carbocycles. The molecule has 0 fully saturated rings. The summed E-state index contributed by atoms with van der Waals surface area (Å²) < 4.78 is 0.104. The molecule has 0 saturated heterocycles. The molecule has 0 heterocycles. The van der Waals surface area contributed by atoms with Crippen molar-refractivity contribution in [3.63, 3.8) is 0 Å². The normalized spacial score (nSPS) is 14.4. The molecule has 0 aromatic carbocycles. The zero-order valence-corrected chi connectivity index (χ0v) is 6.46. The minimum absolute atomic E-state index is 0.104. The summed E-state index contributed by atoms with van der Waals surface area (Å²) in [5.41, 5.74) is 4.29. The average molecular weight is 153 g/mol. The summed E-state index contributed by atoms with van der Waals surface area (Å²) in [5, 5.41) is 3.72. The summed E-state index contributed by atoms with van der Waals surface area (Å²) in [5.74, 6) is 0. The second-order valence-electron chi connectivity index (χ2n) is 1.14. The van der Waals surface area contributed by atoms with Gasteiger partial charge >= 0.3 is 0 Å². The zero-order chi connectivity index (χ0) is 6.41. The lowest BCUT2D eigenvalue weighted by Crippen LogP contribution is -1.92. The number of halogens is 1. The first-order valence-electron chi connectivity index (χ1n) is 2.25. The van der Waals surface area contributed by atoms with Gasteiger partial charge in [0.05, 0.1) is 10.3 Å². The molecule has 0 rings (SSSR count). The third-order valence-electron chi connectivity index (χ3n) is 0.430. The van der Waals surface area contributed by atoms with Crippen molar-refractivity contribution in [2.45, 2.75) is 11.6 Å². The Balaban J connectivity index is 3.03. The van der Waals surface area contributed by atoms with Crippen LogP contribution in [0.3, 0.4) is 0 Å². The van der Waals surface area contributed by atoms with Gasteiger partial charge in [0.2, 0.25) is 0 Å². The van der Waals surface area contributed by atoms with Crippen molar-refractivity contribution in [2.75, 3.05) is 7.05 Å². The maximum Gasteiger partial charge on any atom is 0.0817 e. The van der Waals surface area contributed by atoms with E-state index >= 15 is 0 Å². The summed E-state index contributed by atoms with van der Waals surface area (Å²) in [7, 11) is 1.75. The Morgan fingerprint density at radius 1 is 1.88 bits per heavy atom. The van der Waals surface area contributed by atoms with Crippen LogP contribution in [-0.4, -0.2) is 17.3 Å². The Labute approximate surface area is 58.7 Å². The van der Waals surface area contributed by atoms with Gasteiger partial charge in [-0.3, -0.25) is 0 Å². The highest BCUT2D eigenvalue weighted by atomic mass is 35.5. The Bertz CT molecular complexity index is 74.4. The van der Waals surface area contributed by atoms with E-state index in [0.717, 1.165) is 0 Å². The number of hydrogen-bond acceptors (Lipinski definition) is 3. The molecule has 1 N–H and O–H groups in total. The summed E-state index contributed by atoms with van der Waals surface area (Å²) in [6, 6.07) is 0. The topological polar surface area (TPSA) is 24.4 Å². The maximum absolute atomic E-state index is 5.56. The molecular weight excluding hydrogens is 144 g/mol. The molecule has 0 bridgehead atoms. The van der Waals surface area contributed by atoms with Gasteiger partial charge in [-0.15, -0.1) is 11.6 Å². The lowest BCUT2D eigenvalue weighted by atomic mass is 11.0. The zero-order valence-electron chi connectivity index (χ0n) is 4.89. The van der Waals surface area contributed by atoms with Gasteiger partial charge in [-0.05, 0) is 6.92 Å². The Morgan fingerprint density at radius 2 is 2.50 bits per heavy atom. The summed E-state index contributed by atoms with van der Waals surface area (Å²) in [6.45, 7) is 1.90. The number of hydrogen-bond donors (Lipinski definition) is 1. The summed E-state index contributed by atoms with van der Waals surface area (Å²) >= 11 is 7.02. The molecule has 0 radical (unpaired) electrons. The SMILES string of the molecule is CN/N=C/SC(C)Cl. The van der Waals surface area contributed by atoms with Crippen LogP contribution >= 0.6 is 23.4 Å². The van der Waals surface area contributed by atoms with Crippen molar-refractivity contribution in [3.8, 4) is 0 Å². The fourth-order valence-corrected chi connectivity index (χ4v) is 0.639. The summed E-state index contributed by atoms with van der Waals surface area (Å²) in [4.78, 5) is 0. The third-order valence-corrected chi connectivity index (χ3v) is 1.34. The molecule has 8 heavy (non-hydrogen) atoms. The van der Waals surface area contributed by atoms with Crippen LogP contribution in [-0.2, 0) is 0 Å². The van der Waals surface area contributed by atoms with E-state index < -0.39 is 0 Å². The highest BCUT2D eigenvalue weighted by molar-refractivity contribution is 8.13. The van der Waals surface area contributed by atoms with Gasteiger partial charge in [-0.2, -0.15) is 5.10 Å². The number of rotatable bonds is 3. The highest BCUT2D eigenvalue weighted by Gasteiger charge is 1.88. The average Bonchev–Trinajstić information content (AvgIpc) is 1.66. The molecule has 1 atom stereocenters.